The molecular formula is C19H31N3O4S2. The van der Waals surface area contributed by atoms with Gasteiger partial charge in [0.2, 0.25) is 10.0 Å². The van der Waals surface area contributed by atoms with Crippen LogP contribution in [0.2, 0.25) is 0 Å². The molecule has 1 amide bonds. The predicted octanol–water partition coefficient (Wildman–Crippen LogP) is 2.01. The first-order valence-electron chi connectivity index (χ1n) is 10.1. The van der Waals surface area contributed by atoms with E-state index >= 15 is 0 Å². The van der Waals surface area contributed by atoms with Gasteiger partial charge in [-0.3, -0.25) is 4.79 Å². The van der Waals surface area contributed by atoms with E-state index in [1.54, 1.807) is 5.38 Å². The van der Waals surface area contributed by atoms with Crippen molar-refractivity contribution in [2.45, 2.75) is 37.5 Å². The molecule has 2 aliphatic heterocycles. The van der Waals surface area contributed by atoms with E-state index in [0.717, 1.165) is 25.3 Å². The number of piperidine rings is 1. The van der Waals surface area contributed by atoms with Crippen molar-refractivity contribution in [1.29, 1.82) is 0 Å². The second-order valence-electron chi connectivity index (χ2n) is 7.62. The molecule has 3 rings (SSSR count). The van der Waals surface area contributed by atoms with Crippen molar-refractivity contribution in [3.05, 3.63) is 16.3 Å². The van der Waals surface area contributed by atoms with Gasteiger partial charge in [0.1, 0.15) is 9.77 Å². The van der Waals surface area contributed by atoms with Gasteiger partial charge >= 0.3 is 0 Å². The van der Waals surface area contributed by atoms with Crippen molar-refractivity contribution in [3.8, 4) is 0 Å². The summed E-state index contributed by atoms with van der Waals surface area (Å²) in [4.78, 5) is 15.4. The van der Waals surface area contributed by atoms with Gasteiger partial charge in [0.05, 0.1) is 13.2 Å². The van der Waals surface area contributed by atoms with E-state index in [1.165, 1.54) is 47.6 Å². The Balaban J connectivity index is 1.46. The molecule has 1 aromatic rings. The summed E-state index contributed by atoms with van der Waals surface area (Å²) in [6.07, 6.45) is 4.48. The number of morpholine rings is 1. The third kappa shape index (κ3) is 5.54. The molecule has 3 heterocycles. The quantitative estimate of drug-likeness (QED) is 0.640. The first-order valence-corrected chi connectivity index (χ1v) is 12.5. The van der Waals surface area contributed by atoms with E-state index in [4.69, 9.17) is 4.74 Å². The standard InChI is InChI=1S/C19H31N3O4S2/c1-16-4-9-21(10-5-16)8-3-2-7-20-19(23)18-17(6-15-27-18)28(24,25)22-11-13-26-14-12-22/h6,15-16H,2-5,7-14H2,1H3,(H,20,23). The minimum absolute atomic E-state index is 0.110. The Morgan fingerprint density at radius 2 is 1.93 bits per heavy atom. The first kappa shape index (κ1) is 21.7. The number of carbonyl (C=O) groups excluding carboxylic acids is 1. The lowest BCUT2D eigenvalue weighted by Crippen LogP contribution is -2.41. The molecule has 28 heavy (non-hydrogen) atoms. The summed E-state index contributed by atoms with van der Waals surface area (Å²) in [7, 11) is -3.65. The van der Waals surface area contributed by atoms with Crippen molar-refractivity contribution >= 4 is 27.3 Å². The minimum Gasteiger partial charge on any atom is -0.379 e. The fraction of sp³-hybridized carbons (Fsp3) is 0.737. The highest BCUT2D eigenvalue weighted by Gasteiger charge is 2.31. The van der Waals surface area contributed by atoms with Gasteiger partial charge in [-0.1, -0.05) is 6.92 Å². The van der Waals surface area contributed by atoms with E-state index in [0.29, 0.717) is 32.8 Å². The zero-order valence-electron chi connectivity index (χ0n) is 16.6. The smallest absolute Gasteiger partial charge is 0.262 e. The molecule has 9 heteroatoms. The van der Waals surface area contributed by atoms with E-state index < -0.39 is 10.0 Å². The van der Waals surface area contributed by atoms with Crippen LogP contribution in [0.15, 0.2) is 16.3 Å². The van der Waals surface area contributed by atoms with Crippen LogP contribution in [0.4, 0.5) is 0 Å². The summed E-state index contributed by atoms with van der Waals surface area (Å²) in [6.45, 7) is 7.73. The summed E-state index contributed by atoms with van der Waals surface area (Å²) in [6, 6.07) is 1.53. The zero-order chi connectivity index (χ0) is 20.0. The summed E-state index contributed by atoms with van der Waals surface area (Å²) in [5, 5.41) is 4.56. The van der Waals surface area contributed by atoms with Crippen molar-refractivity contribution in [2.75, 3.05) is 52.5 Å². The molecule has 0 saturated carbocycles. The van der Waals surface area contributed by atoms with E-state index in [2.05, 4.69) is 17.1 Å². The van der Waals surface area contributed by atoms with Gasteiger partial charge in [-0.15, -0.1) is 11.3 Å². The van der Waals surface area contributed by atoms with Crippen LogP contribution in [0.1, 0.15) is 42.3 Å². The molecule has 0 bridgehead atoms. The molecule has 0 radical (unpaired) electrons. The topological polar surface area (TPSA) is 79.0 Å². The Morgan fingerprint density at radius 1 is 1.21 bits per heavy atom. The van der Waals surface area contributed by atoms with Crippen LogP contribution in [0.3, 0.4) is 0 Å². The van der Waals surface area contributed by atoms with Gasteiger partial charge < -0.3 is 15.0 Å². The van der Waals surface area contributed by atoms with Crippen molar-refractivity contribution in [1.82, 2.24) is 14.5 Å². The fourth-order valence-corrected chi connectivity index (χ4v) is 6.35. The maximum absolute atomic E-state index is 12.8. The number of likely N-dealkylation sites (tertiary alicyclic amines) is 1. The minimum atomic E-state index is -3.65. The number of nitrogens with one attached hydrogen (secondary N) is 1. The molecule has 1 N–H and O–H groups in total. The number of hydrogen-bond acceptors (Lipinski definition) is 6. The first-order chi connectivity index (χ1) is 13.5. The molecule has 2 aliphatic rings. The summed E-state index contributed by atoms with van der Waals surface area (Å²) in [5.74, 6) is 0.540. The summed E-state index contributed by atoms with van der Waals surface area (Å²) >= 11 is 1.18. The SMILES string of the molecule is CC1CCN(CCCCNC(=O)c2sccc2S(=O)(=O)N2CCOCC2)CC1. The van der Waals surface area contributed by atoms with Crippen molar-refractivity contribution in [2.24, 2.45) is 5.92 Å². The lowest BCUT2D eigenvalue weighted by Gasteiger charge is -2.30. The molecule has 7 nitrogen and oxygen atoms in total. The molecule has 0 spiro atoms. The second-order valence-corrected chi connectivity index (χ2v) is 10.4. The molecule has 0 aromatic carbocycles. The average Bonchev–Trinajstić information content (AvgIpc) is 3.21. The summed E-state index contributed by atoms with van der Waals surface area (Å²) < 4.78 is 32.3. The van der Waals surface area contributed by atoms with Gasteiger partial charge in [-0.05, 0) is 62.7 Å². The van der Waals surface area contributed by atoms with Crippen LogP contribution in [0, 0.1) is 5.92 Å². The highest BCUT2D eigenvalue weighted by Crippen LogP contribution is 2.26. The van der Waals surface area contributed by atoms with Crippen LogP contribution < -0.4 is 5.32 Å². The normalized spacial score (nSPS) is 20.3. The van der Waals surface area contributed by atoms with Crippen molar-refractivity contribution in [3.63, 3.8) is 0 Å². The molecule has 0 aliphatic carbocycles. The van der Waals surface area contributed by atoms with E-state index in [9.17, 15) is 13.2 Å². The third-order valence-corrected chi connectivity index (χ3v) is 8.47. The lowest BCUT2D eigenvalue weighted by atomic mass is 9.99. The zero-order valence-corrected chi connectivity index (χ0v) is 18.2. The number of sulfonamides is 1. The van der Waals surface area contributed by atoms with Crippen LogP contribution in [0.25, 0.3) is 0 Å². The van der Waals surface area contributed by atoms with Gasteiger partial charge in [-0.25, -0.2) is 8.42 Å². The third-order valence-electron chi connectivity index (χ3n) is 5.49. The van der Waals surface area contributed by atoms with Crippen LogP contribution in [-0.2, 0) is 14.8 Å². The number of ether oxygens (including phenoxy) is 1. The van der Waals surface area contributed by atoms with Gasteiger partial charge in [0, 0.05) is 19.6 Å². The number of amides is 1. The largest absolute Gasteiger partial charge is 0.379 e. The predicted molar refractivity (Wildman–Crippen MR) is 110 cm³/mol. The number of rotatable bonds is 8. The Kier molecular flexibility index (Phi) is 7.87. The number of nitrogens with zero attached hydrogens (tertiary/aromatic N) is 2. The Hall–Kier alpha value is -1.00. The monoisotopic (exact) mass is 429 g/mol. The number of unbranched alkanes of at least 4 members (excludes halogenated alkanes) is 1. The molecule has 0 unspecified atom stereocenters. The van der Waals surface area contributed by atoms with Gasteiger partial charge in [0.25, 0.3) is 5.91 Å². The molecular weight excluding hydrogens is 398 g/mol. The lowest BCUT2D eigenvalue weighted by molar-refractivity contribution is 0.0730. The van der Waals surface area contributed by atoms with Gasteiger partial charge in [-0.2, -0.15) is 4.31 Å². The molecule has 1 aromatic heterocycles. The maximum atomic E-state index is 12.8. The number of carbonyl (C=O) groups is 1. The van der Waals surface area contributed by atoms with E-state index in [1.807, 2.05) is 0 Å². The molecule has 0 atom stereocenters. The summed E-state index contributed by atoms with van der Waals surface area (Å²) in [5.41, 5.74) is 0. The van der Waals surface area contributed by atoms with Gasteiger partial charge in [0.15, 0.2) is 0 Å². The highest BCUT2D eigenvalue weighted by molar-refractivity contribution is 7.89. The van der Waals surface area contributed by atoms with Crippen LogP contribution in [0.5, 0.6) is 0 Å². The van der Waals surface area contributed by atoms with Crippen LogP contribution >= 0.6 is 11.3 Å². The van der Waals surface area contributed by atoms with Crippen molar-refractivity contribution < 1.29 is 17.9 Å². The molecule has 2 saturated heterocycles. The number of hydrogen-bond donors (Lipinski definition) is 1. The Bertz CT molecular complexity index is 736. The van der Waals surface area contributed by atoms with Crippen LogP contribution in [-0.4, -0.2) is 76.0 Å². The fourth-order valence-electron chi connectivity index (χ4n) is 3.62. The number of thiophene rings is 1. The Morgan fingerprint density at radius 3 is 2.64 bits per heavy atom. The molecule has 158 valence electrons. The Labute approximate surface area is 172 Å². The average molecular weight is 430 g/mol. The highest BCUT2D eigenvalue weighted by atomic mass is 32.2. The maximum Gasteiger partial charge on any atom is 0.262 e. The van der Waals surface area contributed by atoms with E-state index in [-0.39, 0.29) is 15.7 Å². The second kappa shape index (κ2) is 10.2. The molecule has 2 fully saturated rings.